The monoisotopic (exact) mass is 307 g/mol. The lowest BCUT2D eigenvalue weighted by Gasteiger charge is -2.20. The summed E-state index contributed by atoms with van der Waals surface area (Å²) in [5.41, 5.74) is 0. The first-order valence-corrected chi connectivity index (χ1v) is 9.06. The summed E-state index contributed by atoms with van der Waals surface area (Å²) in [6.07, 6.45) is 19.8. The van der Waals surface area contributed by atoms with Crippen molar-refractivity contribution < 1.29 is 9.53 Å². The van der Waals surface area contributed by atoms with Crippen LogP contribution in [-0.2, 0) is 9.53 Å². The number of ether oxygens (including phenoxy) is 1. The molecule has 0 N–H and O–H groups in total. The van der Waals surface area contributed by atoms with Gasteiger partial charge in [0.25, 0.3) is 0 Å². The fourth-order valence-corrected chi connectivity index (χ4v) is 2.54. The highest BCUT2D eigenvalue weighted by molar-refractivity contribution is 5.69. The van der Waals surface area contributed by atoms with Gasteiger partial charge in [-0.3, -0.25) is 4.79 Å². The van der Waals surface area contributed by atoms with E-state index < -0.39 is 0 Å². The molecule has 0 radical (unpaired) electrons. The second kappa shape index (κ2) is 13.4. The van der Waals surface area contributed by atoms with Gasteiger partial charge in [0, 0.05) is 19.5 Å². The maximum atomic E-state index is 11.4. The van der Waals surface area contributed by atoms with Crippen LogP contribution in [-0.4, -0.2) is 30.6 Å². The second-order valence-corrected chi connectivity index (χ2v) is 6.06. The zero-order valence-electron chi connectivity index (χ0n) is 14.3. The van der Waals surface area contributed by atoms with Crippen molar-refractivity contribution in [3.8, 4) is 0 Å². The minimum atomic E-state index is -0.0166. The van der Waals surface area contributed by atoms with E-state index >= 15 is 0 Å². The third kappa shape index (κ3) is 10.5. The summed E-state index contributed by atoms with van der Waals surface area (Å²) in [6, 6.07) is 0. The first-order chi connectivity index (χ1) is 10.8. The summed E-state index contributed by atoms with van der Waals surface area (Å²) in [6.45, 7) is 4.93. The predicted molar refractivity (Wildman–Crippen MR) is 92.7 cm³/mol. The van der Waals surface area contributed by atoms with Crippen LogP contribution in [0.2, 0.25) is 0 Å². The largest absolute Gasteiger partial charge is 0.466 e. The summed E-state index contributed by atoms with van der Waals surface area (Å²) >= 11 is 0. The molecule has 3 heteroatoms. The van der Waals surface area contributed by atoms with E-state index in [1.807, 2.05) is 0 Å². The van der Waals surface area contributed by atoms with Crippen LogP contribution in [0.5, 0.6) is 0 Å². The first-order valence-electron chi connectivity index (χ1n) is 9.06. The lowest BCUT2D eigenvalue weighted by molar-refractivity contribution is -0.143. The molecule has 0 aliphatic carbocycles. The Morgan fingerprint density at radius 3 is 2.41 bits per heavy atom. The van der Waals surface area contributed by atoms with Gasteiger partial charge >= 0.3 is 5.97 Å². The number of carbonyl (C=O) groups is 1. The second-order valence-electron chi connectivity index (χ2n) is 6.06. The van der Waals surface area contributed by atoms with Crippen LogP contribution >= 0.6 is 0 Å². The van der Waals surface area contributed by atoms with Gasteiger partial charge in [-0.1, -0.05) is 57.6 Å². The van der Waals surface area contributed by atoms with Gasteiger partial charge in [-0.25, -0.2) is 0 Å². The van der Waals surface area contributed by atoms with E-state index in [9.17, 15) is 4.79 Å². The van der Waals surface area contributed by atoms with Gasteiger partial charge < -0.3 is 9.64 Å². The molecule has 0 atom stereocenters. The summed E-state index contributed by atoms with van der Waals surface area (Å²) in [7, 11) is 0. The average molecular weight is 307 g/mol. The molecule has 1 aliphatic rings. The van der Waals surface area contributed by atoms with Gasteiger partial charge in [-0.2, -0.15) is 0 Å². The average Bonchev–Trinajstić information content (AvgIpc) is 2.54. The third-order valence-corrected chi connectivity index (χ3v) is 3.97. The van der Waals surface area contributed by atoms with Crippen molar-refractivity contribution in [1.29, 1.82) is 0 Å². The fourth-order valence-electron chi connectivity index (χ4n) is 2.54. The van der Waals surface area contributed by atoms with Crippen molar-refractivity contribution in [1.82, 2.24) is 4.90 Å². The molecular weight excluding hydrogens is 274 g/mol. The molecule has 1 aliphatic heterocycles. The zero-order chi connectivity index (χ0) is 15.9. The summed E-state index contributed by atoms with van der Waals surface area (Å²) in [4.78, 5) is 13.8. The third-order valence-electron chi connectivity index (χ3n) is 3.97. The van der Waals surface area contributed by atoms with Crippen LogP contribution < -0.4 is 0 Å². The SMILES string of the molecule is CCCCOC(=O)CCCCCCCCCN1C=CC=CC1. The van der Waals surface area contributed by atoms with Crippen molar-refractivity contribution >= 4 is 5.97 Å². The summed E-state index contributed by atoms with van der Waals surface area (Å²) in [5, 5.41) is 0. The van der Waals surface area contributed by atoms with Crippen LogP contribution in [0, 0.1) is 0 Å². The number of hydrogen-bond acceptors (Lipinski definition) is 3. The Morgan fingerprint density at radius 2 is 1.73 bits per heavy atom. The zero-order valence-corrected chi connectivity index (χ0v) is 14.3. The van der Waals surface area contributed by atoms with Crippen molar-refractivity contribution in [3.63, 3.8) is 0 Å². The Hall–Kier alpha value is -1.25. The number of unbranched alkanes of at least 4 members (excludes halogenated alkanes) is 7. The lowest BCUT2D eigenvalue weighted by atomic mass is 10.1. The summed E-state index contributed by atoms with van der Waals surface area (Å²) in [5.74, 6) is -0.0166. The maximum absolute atomic E-state index is 11.4. The molecule has 1 heterocycles. The molecule has 0 saturated carbocycles. The topological polar surface area (TPSA) is 29.5 Å². The fraction of sp³-hybridized carbons (Fsp3) is 0.737. The standard InChI is InChI=1S/C19H33NO2/c1-2-3-18-22-19(21)14-10-7-5-4-6-8-11-15-20-16-12-9-13-17-20/h9,12-13,16H,2-8,10-11,14-15,17-18H2,1H3. The highest BCUT2D eigenvalue weighted by Gasteiger charge is 2.02. The van der Waals surface area contributed by atoms with E-state index in [1.165, 1.54) is 38.6 Å². The Kier molecular flexibility index (Phi) is 11.5. The highest BCUT2D eigenvalue weighted by atomic mass is 16.5. The molecule has 0 amide bonds. The molecule has 0 unspecified atom stereocenters. The minimum absolute atomic E-state index is 0.0166. The van der Waals surface area contributed by atoms with E-state index in [0.29, 0.717) is 13.0 Å². The maximum Gasteiger partial charge on any atom is 0.305 e. The van der Waals surface area contributed by atoms with Gasteiger partial charge in [0.1, 0.15) is 0 Å². The van der Waals surface area contributed by atoms with Crippen molar-refractivity contribution in [2.24, 2.45) is 0 Å². The molecule has 0 aromatic rings. The Labute approximate surface area is 136 Å². The highest BCUT2D eigenvalue weighted by Crippen LogP contribution is 2.10. The quantitative estimate of drug-likeness (QED) is 0.360. The van der Waals surface area contributed by atoms with E-state index in [1.54, 1.807) is 0 Å². The van der Waals surface area contributed by atoms with Crippen LogP contribution in [0.1, 0.15) is 71.1 Å². The molecular formula is C19H33NO2. The van der Waals surface area contributed by atoms with E-state index in [2.05, 4.69) is 36.3 Å². The molecule has 0 bridgehead atoms. The first kappa shape index (κ1) is 18.8. The molecule has 0 saturated heterocycles. The minimum Gasteiger partial charge on any atom is -0.466 e. The van der Waals surface area contributed by atoms with Gasteiger partial charge in [0.15, 0.2) is 0 Å². The van der Waals surface area contributed by atoms with Gasteiger partial charge in [0.2, 0.25) is 0 Å². The molecule has 1 rings (SSSR count). The number of rotatable bonds is 13. The Balaban J connectivity index is 1.78. The van der Waals surface area contributed by atoms with Crippen molar-refractivity contribution in [3.05, 3.63) is 24.4 Å². The van der Waals surface area contributed by atoms with E-state index in [4.69, 9.17) is 4.74 Å². The number of nitrogens with zero attached hydrogens (tertiary/aromatic N) is 1. The van der Waals surface area contributed by atoms with Gasteiger partial charge in [-0.05, 0) is 31.5 Å². The molecule has 0 spiro atoms. The summed E-state index contributed by atoms with van der Waals surface area (Å²) < 4.78 is 5.15. The van der Waals surface area contributed by atoms with E-state index in [0.717, 1.165) is 32.2 Å². The van der Waals surface area contributed by atoms with Gasteiger partial charge in [-0.15, -0.1) is 0 Å². The number of hydrogen-bond donors (Lipinski definition) is 0. The smallest absolute Gasteiger partial charge is 0.305 e. The molecule has 0 aromatic heterocycles. The molecule has 126 valence electrons. The van der Waals surface area contributed by atoms with Crippen LogP contribution in [0.25, 0.3) is 0 Å². The number of allylic oxidation sites excluding steroid dienone is 2. The molecule has 0 aromatic carbocycles. The lowest BCUT2D eigenvalue weighted by Crippen LogP contribution is -2.19. The van der Waals surface area contributed by atoms with E-state index in [-0.39, 0.29) is 5.97 Å². The van der Waals surface area contributed by atoms with Gasteiger partial charge in [0.05, 0.1) is 6.61 Å². The Bertz CT molecular complexity index is 336. The molecule has 3 nitrogen and oxygen atoms in total. The molecule has 0 fully saturated rings. The Morgan fingerprint density at radius 1 is 1.00 bits per heavy atom. The number of esters is 1. The van der Waals surface area contributed by atoms with Crippen LogP contribution in [0.3, 0.4) is 0 Å². The predicted octanol–water partition coefficient (Wildman–Crippen LogP) is 4.84. The molecule has 22 heavy (non-hydrogen) atoms. The van der Waals surface area contributed by atoms with Crippen LogP contribution in [0.4, 0.5) is 0 Å². The van der Waals surface area contributed by atoms with Crippen molar-refractivity contribution in [2.45, 2.75) is 71.1 Å². The number of carbonyl (C=O) groups excluding carboxylic acids is 1. The normalized spacial score (nSPS) is 13.6. The van der Waals surface area contributed by atoms with Crippen LogP contribution in [0.15, 0.2) is 24.4 Å². The van der Waals surface area contributed by atoms with Crippen molar-refractivity contribution in [2.75, 3.05) is 19.7 Å².